The predicted molar refractivity (Wildman–Crippen MR) is 88.5 cm³/mol. The molecule has 0 spiro atoms. The molecule has 21 heavy (non-hydrogen) atoms. The topological polar surface area (TPSA) is 8.81 Å². The number of rotatable bonds is 1. The Morgan fingerprint density at radius 1 is 0.905 bits per heavy atom. The van der Waals surface area contributed by atoms with Gasteiger partial charge in [-0.05, 0) is 41.3 Å². The van der Waals surface area contributed by atoms with Crippen LogP contribution in [-0.2, 0) is 13.6 Å². The van der Waals surface area contributed by atoms with Crippen molar-refractivity contribution in [2.24, 2.45) is 7.05 Å². The maximum absolute atomic E-state index is 2.41. The fraction of sp³-hybridized carbons (Fsp3) is 0.211. The highest BCUT2D eigenvalue weighted by Gasteiger charge is 2.20. The number of aromatic nitrogens is 2. The van der Waals surface area contributed by atoms with Crippen molar-refractivity contribution in [1.82, 2.24) is 4.57 Å². The van der Waals surface area contributed by atoms with Crippen LogP contribution in [0.2, 0.25) is 0 Å². The van der Waals surface area contributed by atoms with Crippen LogP contribution in [0.25, 0.3) is 32.6 Å². The average molecular weight is 275 g/mol. The number of nitrogens with zero attached hydrogens (tertiary/aromatic N) is 2. The zero-order valence-electron chi connectivity index (χ0n) is 12.7. The second kappa shape index (κ2) is 4.32. The van der Waals surface area contributed by atoms with Crippen molar-refractivity contribution >= 4 is 32.6 Å². The van der Waals surface area contributed by atoms with Gasteiger partial charge in [-0.1, -0.05) is 30.3 Å². The summed E-state index contributed by atoms with van der Waals surface area (Å²) in [6.45, 7) is 5.40. The SMILES string of the molecule is CC[n+]1c(C)n(C)c2ccc3c4ccccc4ccc3c21. The molecule has 2 nitrogen and oxygen atoms in total. The van der Waals surface area contributed by atoms with Crippen LogP contribution < -0.4 is 4.57 Å². The molecule has 104 valence electrons. The molecular formula is C19H19N2+. The van der Waals surface area contributed by atoms with Gasteiger partial charge in [0.2, 0.25) is 0 Å². The van der Waals surface area contributed by atoms with E-state index in [1.807, 2.05) is 0 Å². The Kier molecular flexibility index (Phi) is 2.55. The molecule has 0 amide bonds. The second-order valence-corrected chi connectivity index (χ2v) is 5.67. The minimum Gasteiger partial charge on any atom is -0.230 e. The van der Waals surface area contributed by atoms with Crippen LogP contribution in [0.5, 0.6) is 0 Å². The first-order valence-corrected chi connectivity index (χ1v) is 7.51. The molecule has 0 radical (unpaired) electrons. The van der Waals surface area contributed by atoms with Gasteiger partial charge in [0.25, 0.3) is 5.82 Å². The lowest BCUT2D eigenvalue weighted by molar-refractivity contribution is -0.674. The molecule has 0 saturated carbocycles. The van der Waals surface area contributed by atoms with E-state index in [2.05, 4.69) is 78.6 Å². The molecule has 0 aliphatic rings. The van der Waals surface area contributed by atoms with Crippen molar-refractivity contribution in [2.75, 3.05) is 0 Å². The lowest BCUT2D eigenvalue weighted by Crippen LogP contribution is -2.35. The van der Waals surface area contributed by atoms with E-state index >= 15 is 0 Å². The van der Waals surface area contributed by atoms with E-state index in [-0.39, 0.29) is 0 Å². The van der Waals surface area contributed by atoms with Gasteiger partial charge in [-0.25, -0.2) is 9.13 Å². The van der Waals surface area contributed by atoms with E-state index in [4.69, 9.17) is 0 Å². The van der Waals surface area contributed by atoms with Crippen LogP contribution in [-0.4, -0.2) is 4.57 Å². The van der Waals surface area contributed by atoms with Gasteiger partial charge in [0.05, 0.1) is 13.6 Å². The molecule has 2 heteroatoms. The molecule has 0 aliphatic carbocycles. The van der Waals surface area contributed by atoms with Gasteiger partial charge in [-0.15, -0.1) is 0 Å². The van der Waals surface area contributed by atoms with Crippen molar-refractivity contribution < 1.29 is 4.57 Å². The summed E-state index contributed by atoms with van der Waals surface area (Å²) in [6, 6.07) is 17.6. The Morgan fingerprint density at radius 2 is 1.67 bits per heavy atom. The van der Waals surface area contributed by atoms with Crippen molar-refractivity contribution in [1.29, 1.82) is 0 Å². The molecule has 0 fully saturated rings. The molecule has 1 heterocycles. The summed E-state index contributed by atoms with van der Waals surface area (Å²) in [5, 5.41) is 5.33. The summed E-state index contributed by atoms with van der Waals surface area (Å²) < 4.78 is 4.69. The highest BCUT2D eigenvalue weighted by atomic mass is 15.1. The average Bonchev–Trinajstić information content (AvgIpc) is 2.78. The highest BCUT2D eigenvalue weighted by molar-refractivity contribution is 6.14. The second-order valence-electron chi connectivity index (χ2n) is 5.67. The van der Waals surface area contributed by atoms with E-state index in [1.165, 1.54) is 38.4 Å². The minimum absolute atomic E-state index is 0.995. The summed E-state index contributed by atoms with van der Waals surface area (Å²) in [5.74, 6) is 1.30. The van der Waals surface area contributed by atoms with Crippen LogP contribution in [0.3, 0.4) is 0 Å². The molecule has 0 bridgehead atoms. The van der Waals surface area contributed by atoms with Crippen molar-refractivity contribution in [3.8, 4) is 0 Å². The first-order valence-electron chi connectivity index (χ1n) is 7.51. The van der Waals surface area contributed by atoms with E-state index in [0.717, 1.165) is 6.54 Å². The third-order valence-corrected chi connectivity index (χ3v) is 4.70. The number of aryl methyl sites for hydroxylation is 2. The van der Waals surface area contributed by atoms with Crippen LogP contribution in [0.1, 0.15) is 12.7 Å². The molecular weight excluding hydrogens is 256 g/mol. The fourth-order valence-electron chi connectivity index (χ4n) is 3.52. The van der Waals surface area contributed by atoms with Crippen LogP contribution in [0.15, 0.2) is 48.5 Å². The van der Waals surface area contributed by atoms with Crippen LogP contribution in [0, 0.1) is 6.92 Å². The normalized spacial score (nSPS) is 11.8. The minimum atomic E-state index is 0.995. The smallest absolute Gasteiger partial charge is 0.230 e. The Morgan fingerprint density at radius 3 is 2.48 bits per heavy atom. The summed E-state index contributed by atoms with van der Waals surface area (Å²) in [6.07, 6.45) is 0. The van der Waals surface area contributed by atoms with E-state index in [9.17, 15) is 0 Å². The maximum atomic E-state index is 2.41. The Balaban J connectivity index is 2.29. The van der Waals surface area contributed by atoms with Gasteiger partial charge in [0.15, 0.2) is 11.0 Å². The maximum Gasteiger partial charge on any atom is 0.254 e. The lowest BCUT2D eigenvalue weighted by atomic mass is 10.0. The predicted octanol–water partition coefficient (Wildman–Crippen LogP) is 4.10. The van der Waals surface area contributed by atoms with Gasteiger partial charge in [-0.3, -0.25) is 0 Å². The van der Waals surface area contributed by atoms with Crippen molar-refractivity contribution in [2.45, 2.75) is 20.4 Å². The van der Waals surface area contributed by atoms with E-state index < -0.39 is 0 Å². The number of hydrogen-bond acceptors (Lipinski definition) is 0. The molecule has 0 N–H and O–H groups in total. The monoisotopic (exact) mass is 275 g/mol. The third-order valence-electron chi connectivity index (χ3n) is 4.70. The van der Waals surface area contributed by atoms with Gasteiger partial charge in [0, 0.05) is 12.3 Å². The van der Waals surface area contributed by atoms with Crippen molar-refractivity contribution in [3.05, 3.63) is 54.4 Å². The third kappa shape index (κ3) is 1.56. The molecule has 0 atom stereocenters. The standard InChI is InChI=1S/C19H19N2/c1-4-21-13(2)20(3)18-12-11-16-15-8-6-5-7-14(15)9-10-17(16)19(18)21/h5-12H,4H2,1-3H3/q+1. The van der Waals surface area contributed by atoms with Crippen LogP contribution in [0.4, 0.5) is 0 Å². The zero-order chi connectivity index (χ0) is 14.6. The summed E-state index contributed by atoms with van der Waals surface area (Å²) in [7, 11) is 2.15. The van der Waals surface area contributed by atoms with E-state index in [1.54, 1.807) is 0 Å². The number of benzene rings is 3. The van der Waals surface area contributed by atoms with E-state index in [0.29, 0.717) is 0 Å². The summed E-state index contributed by atoms with van der Waals surface area (Å²) >= 11 is 0. The molecule has 4 rings (SSSR count). The fourth-order valence-corrected chi connectivity index (χ4v) is 3.52. The van der Waals surface area contributed by atoms with Crippen LogP contribution >= 0.6 is 0 Å². The van der Waals surface area contributed by atoms with Gasteiger partial charge in [-0.2, -0.15) is 0 Å². The van der Waals surface area contributed by atoms with Crippen molar-refractivity contribution in [3.63, 3.8) is 0 Å². The number of fused-ring (bicyclic) bond motifs is 5. The quantitative estimate of drug-likeness (QED) is 0.365. The number of hydrogen-bond donors (Lipinski definition) is 0. The Bertz CT molecular complexity index is 993. The van der Waals surface area contributed by atoms with Gasteiger partial charge in [0.1, 0.15) is 0 Å². The Labute approximate surface area is 124 Å². The highest BCUT2D eigenvalue weighted by Crippen LogP contribution is 2.30. The lowest BCUT2D eigenvalue weighted by Gasteiger charge is -2.04. The van der Waals surface area contributed by atoms with Gasteiger partial charge < -0.3 is 0 Å². The largest absolute Gasteiger partial charge is 0.254 e. The first-order chi connectivity index (χ1) is 10.2. The first kappa shape index (κ1) is 12.4. The molecule has 4 aromatic rings. The molecule has 1 aromatic heterocycles. The van der Waals surface area contributed by atoms with Gasteiger partial charge >= 0.3 is 0 Å². The summed E-state index contributed by atoms with van der Waals surface area (Å²) in [5.41, 5.74) is 2.65. The number of imidazole rings is 1. The summed E-state index contributed by atoms with van der Waals surface area (Å²) in [4.78, 5) is 0. The molecule has 0 unspecified atom stereocenters. The molecule has 0 aliphatic heterocycles. The molecule has 3 aromatic carbocycles. The molecule has 0 saturated heterocycles. The zero-order valence-corrected chi connectivity index (χ0v) is 12.7. The Hall–Kier alpha value is -2.35.